The van der Waals surface area contributed by atoms with E-state index in [1.165, 1.54) is 22.4 Å². The Labute approximate surface area is 235 Å². The Balaban J connectivity index is 1.47. The van der Waals surface area contributed by atoms with Crippen molar-refractivity contribution < 1.29 is 0 Å². The van der Waals surface area contributed by atoms with Crippen molar-refractivity contribution in [1.82, 2.24) is 9.13 Å². The van der Waals surface area contributed by atoms with E-state index < -0.39 is 0 Å². The second-order valence-corrected chi connectivity index (χ2v) is 11.7. The second kappa shape index (κ2) is 9.82. The number of aromatic nitrogens is 2. The Morgan fingerprint density at radius 1 is 1.03 bits per heavy atom. The van der Waals surface area contributed by atoms with Crippen LogP contribution in [0, 0.1) is 0 Å². The van der Waals surface area contributed by atoms with Gasteiger partial charge in [-0.05, 0) is 54.2 Å². The number of thiazole rings is 1. The molecule has 0 fully saturated rings. The van der Waals surface area contributed by atoms with Crippen molar-refractivity contribution in [2.75, 3.05) is 0 Å². The molecule has 39 heavy (non-hydrogen) atoms. The Bertz CT molecular complexity index is 1960. The van der Waals surface area contributed by atoms with Gasteiger partial charge in [0.1, 0.15) is 0 Å². The van der Waals surface area contributed by atoms with Crippen molar-refractivity contribution in [3.63, 3.8) is 0 Å². The van der Waals surface area contributed by atoms with E-state index in [0.29, 0.717) is 9.55 Å². The molecular formula is C33H28ClN3OS. The Morgan fingerprint density at radius 3 is 2.69 bits per heavy atom. The van der Waals surface area contributed by atoms with Crippen molar-refractivity contribution in [1.29, 1.82) is 0 Å². The Hall–Kier alpha value is -3.67. The van der Waals surface area contributed by atoms with Gasteiger partial charge >= 0.3 is 0 Å². The zero-order chi connectivity index (χ0) is 26.5. The fraction of sp³-hybridized carbons (Fsp3) is 0.212. The number of hydrogen-bond acceptors (Lipinski definition) is 3. The van der Waals surface area contributed by atoms with Crippen molar-refractivity contribution >= 4 is 45.6 Å². The molecule has 1 aliphatic carbocycles. The second-order valence-electron chi connectivity index (χ2n) is 10.3. The zero-order valence-corrected chi connectivity index (χ0v) is 23.3. The Kier molecular flexibility index (Phi) is 6.14. The average molecular weight is 550 g/mol. The van der Waals surface area contributed by atoms with E-state index in [0.717, 1.165) is 70.4 Å². The monoisotopic (exact) mass is 549 g/mol. The van der Waals surface area contributed by atoms with Gasteiger partial charge in [0.15, 0.2) is 4.80 Å². The van der Waals surface area contributed by atoms with Crippen LogP contribution in [0.3, 0.4) is 0 Å². The molecule has 2 aromatic heterocycles. The molecule has 3 heterocycles. The molecule has 6 heteroatoms. The molecule has 1 aliphatic heterocycles. The smallest absolute Gasteiger partial charge is 0.271 e. The van der Waals surface area contributed by atoms with Crippen LogP contribution in [0.2, 0.25) is 5.02 Å². The number of rotatable bonds is 5. The zero-order valence-electron chi connectivity index (χ0n) is 21.7. The first-order valence-electron chi connectivity index (χ1n) is 13.6. The summed E-state index contributed by atoms with van der Waals surface area (Å²) in [5.41, 5.74) is 7.82. The molecule has 0 saturated heterocycles. The molecule has 0 N–H and O–H groups in total. The van der Waals surface area contributed by atoms with Crippen LogP contribution in [0.5, 0.6) is 0 Å². The van der Waals surface area contributed by atoms with Gasteiger partial charge in [-0.3, -0.25) is 9.36 Å². The first kappa shape index (κ1) is 24.4. The summed E-state index contributed by atoms with van der Waals surface area (Å²) < 4.78 is 4.88. The number of nitrogens with zero attached hydrogens (tertiary/aromatic N) is 3. The lowest BCUT2D eigenvalue weighted by molar-refractivity contribution is 0.585. The molecule has 0 unspecified atom stereocenters. The molecule has 0 radical (unpaired) electrons. The maximum Gasteiger partial charge on any atom is 0.271 e. The molecule has 7 rings (SSSR count). The van der Waals surface area contributed by atoms with Crippen LogP contribution in [0.25, 0.3) is 22.7 Å². The summed E-state index contributed by atoms with van der Waals surface area (Å²) >= 11 is 8.25. The number of aryl methyl sites for hydroxylation is 2. The van der Waals surface area contributed by atoms with Gasteiger partial charge in [-0.15, -0.1) is 0 Å². The van der Waals surface area contributed by atoms with Crippen molar-refractivity contribution in [3.8, 4) is 0 Å². The van der Waals surface area contributed by atoms with Crippen LogP contribution in [0.15, 0.2) is 94.4 Å². The molecule has 0 amide bonds. The van der Waals surface area contributed by atoms with E-state index in [9.17, 15) is 4.79 Å². The number of unbranched alkanes of at least 4 members (excludes halogenated alkanes) is 1. The minimum absolute atomic E-state index is 0.0144. The van der Waals surface area contributed by atoms with E-state index >= 15 is 0 Å². The summed E-state index contributed by atoms with van der Waals surface area (Å²) in [6.45, 7) is 3.17. The summed E-state index contributed by atoms with van der Waals surface area (Å²) in [6.07, 6.45) is 8.26. The van der Waals surface area contributed by atoms with Crippen molar-refractivity contribution in [3.05, 3.63) is 132 Å². The largest absolute Gasteiger partial charge is 0.347 e. The van der Waals surface area contributed by atoms with E-state index in [-0.39, 0.29) is 11.6 Å². The van der Waals surface area contributed by atoms with Crippen LogP contribution in [0.1, 0.15) is 54.5 Å². The predicted molar refractivity (Wildman–Crippen MR) is 161 cm³/mol. The van der Waals surface area contributed by atoms with E-state index in [1.54, 1.807) is 0 Å². The van der Waals surface area contributed by atoms with Crippen molar-refractivity contribution in [2.24, 2.45) is 4.99 Å². The van der Waals surface area contributed by atoms with Gasteiger partial charge in [0.05, 0.1) is 16.3 Å². The highest BCUT2D eigenvalue weighted by molar-refractivity contribution is 7.07. The molecule has 0 bridgehead atoms. The topological polar surface area (TPSA) is 39.3 Å². The van der Waals surface area contributed by atoms with E-state index in [4.69, 9.17) is 16.6 Å². The number of halogens is 1. The lowest BCUT2D eigenvalue weighted by Crippen LogP contribution is -2.38. The molecule has 0 spiro atoms. The molecule has 5 aromatic rings. The van der Waals surface area contributed by atoms with E-state index in [1.807, 2.05) is 28.8 Å². The number of hydrogen-bond donors (Lipinski definition) is 0. The highest BCUT2D eigenvalue weighted by Crippen LogP contribution is 2.42. The van der Waals surface area contributed by atoms with Crippen LogP contribution >= 0.6 is 22.9 Å². The summed E-state index contributed by atoms with van der Waals surface area (Å²) in [6, 6.07) is 24.6. The molecule has 2 aliphatic rings. The predicted octanol–water partition coefficient (Wildman–Crippen LogP) is 6.73. The molecule has 0 saturated carbocycles. The highest BCUT2D eigenvalue weighted by atomic mass is 35.5. The molecular weight excluding hydrogens is 522 g/mol. The molecule has 194 valence electrons. The SMILES string of the molecule is CCCCn1cc(/C=c2\sc3n(c2=O)[C@@H](c2ccccc2Cl)C2=C(N=3)c3ccccc3CC2)c2ccccc21. The number of fused-ring (bicyclic) bond motifs is 4. The van der Waals surface area contributed by atoms with Gasteiger partial charge in [0.2, 0.25) is 0 Å². The average Bonchev–Trinajstić information content (AvgIpc) is 3.47. The van der Waals surface area contributed by atoms with Crippen LogP contribution < -0.4 is 14.9 Å². The summed E-state index contributed by atoms with van der Waals surface area (Å²) in [7, 11) is 0. The quantitative estimate of drug-likeness (QED) is 0.240. The highest BCUT2D eigenvalue weighted by Gasteiger charge is 2.33. The first-order valence-corrected chi connectivity index (χ1v) is 14.8. The summed E-state index contributed by atoms with van der Waals surface area (Å²) in [5, 5.41) is 1.83. The van der Waals surface area contributed by atoms with Crippen LogP contribution in [-0.4, -0.2) is 9.13 Å². The van der Waals surface area contributed by atoms with Gasteiger partial charge in [-0.1, -0.05) is 96.9 Å². The molecule has 4 nitrogen and oxygen atoms in total. The minimum atomic E-state index is -0.272. The first-order chi connectivity index (χ1) is 19.1. The standard InChI is InChI=1S/C33H28ClN3OS/c1-2-3-18-36-20-22(23-11-7-9-15-28(23)36)19-29-32(38)37-31(25-13-6-8-14-27(25)34)26-17-16-21-10-4-5-12-24(21)30(26)35-33(37)39-29/h4-15,19-20,31H,2-3,16-18H2,1H3/b29-19-/t31-/m0/s1. The third-order valence-electron chi connectivity index (χ3n) is 7.93. The van der Waals surface area contributed by atoms with Gasteiger partial charge in [-0.2, -0.15) is 0 Å². The maximum absolute atomic E-state index is 14.2. The number of allylic oxidation sites excluding steroid dienone is 1. The third kappa shape index (κ3) is 4.03. The fourth-order valence-electron chi connectivity index (χ4n) is 6.04. The summed E-state index contributed by atoms with van der Waals surface area (Å²) in [4.78, 5) is 20.0. The molecule has 3 aromatic carbocycles. The lowest BCUT2D eigenvalue weighted by atomic mass is 9.83. The van der Waals surface area contributed by atoms with Gasteiger partial charge < -0.3 is 4.57 Å². The number of para-hydroxylation sites is 1. The number of benzene rings is 3. The maximum atomic E-state index is 14.2. The fourth-order valence-corrected chi connectivity index (χ4v) is 7.27. The van der Waals surface area contributed by atoms with Gasteiger partial charge in [-0.25, -0.2) is 4.99 Å². The summed E-state index contributed by atoms with van der Waals surface area (Å²) in [5.74, 6) is 0. The van der Waals surface area contributed by atoms with Crippen LogP contribution in [0.4, 0.5) is 0 Å². The minimum Gasteiger partial charge on any atom is -0.347 e. The normalized spacial score (nSPS) is 16.7. The lowest BCUT2D eigenvalue weighted by Gasteiger charge is -2.31. The van der Waals surface area contributed by atoms with Gasteiger partial charge in [0, 0.05) is 39.8 Å². The molecule has 1 atom stereocenters. The van der Waals surface area contributed by atoms with E-state index in [2.05, 4.69) is 72.3 Å². The third-order valence-corrected chi connectivity index (χ3v) is 9.26. The van der Waals surface area contributed by atoms with Crippen molar-refractivity contribution in [2.45, 2.75) is 45.2 Å². The van der Waals surface area contributed by atoms with Gasteiger partial charge in [0.25, 0.3) is 5.56 Å². The van der Waals surface area contributed by atoms with Crippen LogP contribution in [-0.2, 0) is 13.0 Å². The Morgan fingerprint density at radius 2 is 1.82 bits per heavy atom.